The number of fused-ring (bicyclic) bond motifs is 1. The first-order chi connectivity index (χ1) is 9.72. The van der Waals surface area contributed by atoms with Gasteiger partial charge in [-0.05, 0) is 45.0 Å². The molecule has 1 saturated heterocycles. The Hall–Kier alpha value is -1.88. The van der Waals surface area contributed by atoms with E-state index in [4.69, 9.17) is 0 Å². The molecule has 0 unspecified atom stereocenters. The summed E-state index contributed by atoms with van der Waals surface area (Å²) in [5.74, 6) is 0.876. The van der Waals surface area contributed by atoms with Crippen molar-refractivity contribution in [2.45, 2.75) is 25.8 Å². The number of likely N-dealkylation sites (tertiary alicyclic amines) is 1. The van der Waals surface area contributed by atoms with Gasteiger partial charge in [0.1, 0.15) is 5.82 Å². The third-order valence-corrected chi connectivity index (χ3v) is 3.76. The Morgan fingerprint density at radius 2 is 2.15 bits per heavy atom. The van der Waals surface area contributed by atoms with E-state index in [1.807, 2.05) is 31.2 Å². The van der Waals surface area contributed by atoms with Crippen molar-refractivity contribution in [3.63, 3.8) is 0 Å². The van der Waals surface area contributed by atoms with Crippen molar-refractivity contribution < 1.29 is 4.79 Å². The molecule has 1 aliphatic heterocycles. The summed E-state index contributed by atoms with van der Waals surface area (Å²) in [7, 11) is 0. The van der Waals surface area contributed by atoms with Crippen LogP contribution >= 0.6 is 0 Å². The molecule has 2 aromatic rings. The van der Waals surface area contributed by atoms with Crippen LogP contribution < -0.4 is 5.32 Å². The Balaban J connectivity index is 1.62. The minimum Gasteiger partial charge on any atom is -0.345 e. The van der Waals surface area contributed by atoms with Gasteiger partial charge < -0.3 is 10.3 Å². The fourth-order valence-electron chi connectivity index (χ4n) is 2.68. The molecule has 1 aromatic heterocycles. The van der Waals surface area contributed by atoms with Crippen LogP contribution in [0.15, 0.2) is 24.3 Å². The van der Waals surface area contributed by atoms with Crippen LogP contribution in [0.5, 0.6) is 0 Å². The highest BCUT2D eigenvalue weighted by molar-refractivity contribution is 5.79. The highest BCUT2D eigenvalue weighted by Gasteiger charge is 2.18. The largest absolute Gasteiger partial charge is 0.345 e. The van der Waals surface area contributed by atoms with Crippen LogP contribution in [0, 0.1) is 0 Å². The van der Waals surface area contributed by atoms with E-state index < -0.39 is 0 Å². The first-order valence-electron chi connectivity index (χ1n) is 7.19. The summed E-state index contributed by atoms with van der Waals surface area (Å²) in [6.45, 7) is 4.52. The number of rotatable bonds is 4. The van der Waals surface area contributed by atoms with Gasteiger partial charge >= 0.3 is 0 Å². The van der Waals surface area contributed by atoms with E-state index in [1.54, 1.807) is 0 Å². The molecule has 1 fully saturated rings. The van der Waals surface area contributed by atoms with Gasteiger partial charge in [-0.25, -0.2) is 4.98 Å². The molecule has 0 radical (unpaired) electrons. The van der Waals surface area contributed by atoms with Crippen LogP contribution in [-0.2, 0) is 4.79 Å². The molecule has 0 bridgehead atoms. The number of H-pyrrole nitrogens is 1. The molecule has 1 atom stereocenters. The molecule has 106 valence electrons. The van der Waals surface area contributed by atoms with Crippen molar-refractivity contribution in [3.8, 4) is 0 Å². The topological polar surface area (TPSA) is 61.0 Å². The predicted molar refractivity (Wildman–Crippen MR) is 78.3 cm³/mol. The number of carbonyl (C=O) groups is 1. The van der Waals surface area contributed by atoms with E-state index in [0.29, 0.717) is 6.54 Å². The lowest BCUT2D eigenvalue weighted by Gasteiger charge is -2.16. The van der Waals surface area contributed by atoms with Crippen molar-refractivity contribution in [2.24, 2.45) is 0 Å². The Bertz CT molecular complexity index is 568. The number of benzene rings is 1. The van der Waals surface area contributed by atoms with Crippen LogP contribution in [0.1, 0.15) is 31.6 Å². The van der Waals surface area contributed by atoms with Gasteiger partial charge in [0.25, 0.3) is 0 Å². The van der Waals surface area contributed by atoms with Gasteiger partial charge in [0.05, 0.1) is 23.6 Å². The number of amides is 1. The van der Waals surface area contributed by atoms with Crippen molar-refractivity contribution in [1.29, 1.82) is 0 Å². The van der Waals surface area contributed by atoms with E-state index >= 15 is 0 Å². The van der Waals surface area contributed by atoms with E-state index in [1.165, 1.54) is 12.8 Å². The molecule has 5 nitrogen and oxygen atoms in total. The number of nitrogens with zero attached hydrogens (tertiary/aromatic N) is 2. The SMILES string of the molecule is C[C@H](NC(=O)CN1CCCC1)c1nc2ccccc2[nH]1. The van der Waals surface area contributed by atoms with E-state index in [0.717, 1.165) is 29.9 Å². The Morgan fingerprint density at radius 1 is 1.40 bits per heavy atom. The number of aromatic amines is 1. The van der Waals surface area contributed by atoms with Crippen LogP contribution in [0.4, 0.5) is 0 Å². The summed E-state index contributed by atoms with van der Waals surface area (Å²) in [5, 5.41) is 3.01. The zero-order valence-corrected chi connectivity index (χ0v) is 11.7. The Labute approximate surface area is 118 Å². The van der Waals surface area contributed by atoms with Gasteiger partial charge in [0.15, 0.2) is 0 Å². The summed E-state index contributed by atoms with van der Waals surface area (Å²) < 4.78 is 0. The van der Waals surface area contributed by atoms with Gasteiger partial charge in [-0.3, -0.25) is 9.69 Å². The van der Waals surface area contributed by atoms with Crippen molar-refractivity contribution >= 4 is 16.9 Å². The second-order valence-electron chi connectivity index (χ2n) is 5.41. The Morgan fingerprint density at radius 3 is 2.90 bits per heavy atom. The molecule has 0 aliphatic carbocycles. The third kappa shape index (κ3) is 2.82. The van der Waals surface area contributed by atoms with Crippen LogP contribution in [0.2, 0.25) is 0 Å². The molecule has 1 aliphatic rings. The van der Waals surface area contributed by atoms with Crippen molar-refractivity contribution in [1.82, 2.24) is 20.2 Å². The molecule has 20 heavy (non-hydrogen) atoms. The molecule has 2 heterocycles. The number of para-hydroxylation sites is 2. The number of hydrogen-bond donors (Lipinski definition) is 2. The minimum absolute atomic E-state index is 0.0693. The van der Waals surface area contributed by atoms with Crippen LogP contribution in [-0.4, -0.2) is 40.4 Å². The lowest BCUT2D eigenvalue weighted by atomic mass is 10.3. The molecule has 0 spiro atoms. The number of carbonyl (C=O) groups excluding carboxylic acids is 1. The van der Waals surface area contributed by atoms with Gasteiger partial charge in [0.2, 0.25) is 5.91 Å². The summed E-state index contributed by atoms with van der Waals surface area (Å²) >= 11 is 0. The molecule has 1 amide bonds. The molecule has 5 heteroatoms. The number of aromatic nitrogens is 2. The van der Waals surface area contributed by atoms with Gasteiger partial charge in [-0.15, -0.1) is 0 Å². The molecular weight excluding hydrogens is 252 g/mol. The molecule has 3 rings (SSSR count). The van der Waals surface area contributed by atoms with Gasteiger partial charge in [-0.2, -0.15) is 0 Å². The first-order valence-corrected chi connectivity index (χ1v) is 7.19. The smallest absolute Gasteiger partial charge is 0.234 e. The maximum absolute atomic E-state index is 12.0. The summed E-state index contributed by atoms with van der Waals surface area (Å²) in [6, 6.07) is 7.79. The number of nitrogens with one attached hydrogen (secondary N) is 2. The average Bonchev–Trinajstić information content (AvgIpc) is 3.06. The fourth-order valence-corrected chi connectivity index (χ4v) is 2.68. The predicted octanol–water partition coefficient (Wildman–Crippen LogP) is 1.84. The van der Waals surface area contributed by atoms with E-state index in [2.05, 4.69) is 20.2 Å². The van der Waals surface area contributed by atoms with Crippen molar-refractivity contribution in [2.75, 3.05) is 19.6 Å². The number of imidazole rings is 1. The zero-order chi connectivity index (χ0) is 13.9. The fraction of sp³-hybridized carbons (Fsp3) is 0.467. The van der Waals surface area contributed by atoms with Gasteiger partial charge in [-0.1, -0.05) is 12.1 Å². The molecule has 2 N–H and O–H groups in total. The monoisotopic (exact) mass is 272 g/mol. The first kappa shape index (κ1) is 13.1. The Kier molecular flexibility index (Phi) is 3.69. The van der Waals surface area contributed by atoms with Gasteiger partial charge in [0, 0.05) is 0 Å². The van der Waals surface area contributed by atoms with Crippen LogP contribution in [0.3, 0.4) is 0 Å². The van der Waals surface area contributed by atoms with E-state index in [9.17, 15) is 4.79 Å². The second-order valence-corrected chi connectivity index (χ2v) is 5.41. The zero-order valence-electron chi connectivity index (χ0n) is 11.7. The molecular formula is C15H20N4O. The normalized spacial score (nSPS) is 17.4. The summed E-state index contributed by atoms with van der Waals surface area (Å²) in [5.41, 5.74) is 1.94. The lowest BCUT2D eigenvalue weighted by molar-refractivity contribution is -0.122. The standard InChI is InChI=1S/C15H20N4O/c1-11(16-14(20)10-19-8-4-5-9-19)15-17-12-6-2-3-7-13(12)18-15/h2-3,6-7,11H,4-5,8-10H2,1H3,(H,16,20)(H,17,18)/t11-/m0/s1. The lowest BCUT2D eigenvalue weighted by Crippen LogP contribution is -2.37. The summed E-state index contributed by atoms with van der Waals surface area (Å²) in [6.07, 6.45) is 2.40. The maximum atomic E-state index is 12.0. The minimum atomic E-state index is -0.0995. The third-order valence-electron chi connectivity index (χ3n) is 3.76. The average molecular weight is 272 g/mol. The maximum Gasteiger partial charge on any atom is 0.234 e. The number of hydrogen-bond acceptors (Lipinski definition) is 3. The summed E-state index contributed by atoms with van der Waals surface area (Å²) in [4.78, 5) is 22.0. The second kappa shape index (κ2) is 5.63. The molecule has 1 aromatic carbocycles. The highest BCUT2D eigenvalue weighted by Crippen LogP contribution is 2.15. The van der Waals surface area contributed by atoms with Crippen molar-refractivity contribution in [3.05, 3.63) is 30.1 Å². The highest BCUT2D eigenvalue weighted by atomic mass is 16.2. The van der Waals surface area contributed by atoms with Crippen LogP contribution in [0.25, 0.3) is 11.0 Å². The van der Waals surface area contributed by atoms with E-state index in [-0.39, 0.29) is 11.9 Å². The quantitative estimate of drug-likeness (QED) is 0.892. The molecule has 0 saturated carbocycles.